The van der Waals surface area contributed by atoms with Crippen molar-refractivity contribution in [3.63, 3.8) is 0 Å². The minimum Gasteiger partial charge on any atom is -0.377 e. The molecular formula is C37H57N3O4. The van der Waals surface area contributed by atoms with Gasteiger partial charge in [0, 0.05) is 39.0 Å². The van der Waals surface area contributed by atoms with E-state index in [1.165, 1.54) is 63.4 Å². The summed E-state index contributed by atoms with van der Waals surface area (Å²) in [7, 11) is 1.60. The van der Waals surface area contributed by atoms with Crippen LogP contribution in [0.15, 0.2) is 60.7 Å². The maximum Gasteiger partial charge on any atom is 0.242 e. The Bertz CT molecular complexity index is 1050. The van der Waals surface area contributed by atoms with Gasteiger partial charge in [0.25, 0.3) is 0 Å². The predicted octanol–water partition coefficient (Wildman–Crippen LogP) is 7.11. The number of likely N-dealkylation sites (N-methyl/N-ethyl adjacent to an activating group) is 1. The number of unbranched alkanes of at least 4 members (excludes halogenated alkanes) is 11. The lowest BCUT2D eigenvalue weighted by Gasteiger charge is -2.36. The van der Waals surface area contributed by atoms with Crippen molar-refractivity contribution in [2.75, 3.05) is 13.7 Å². The molecule has 44 heavy (non-hydrogen) atoms. The van der Waals surface area contributed by atoms with Crippen LogP contribution in [-0.2, 0) is 32.1 Å². The molecule has 0 aliphatic carbocycles. The highest BCUT2D eigenvalue weighted by atomic mass is 16.5. The zero-order valence-corrected chi connectivity index (χ0v) is 27.3. The fourth-order valence-corrected chi connectivity index (χ4v) is 5.72. The molecule has 0 saturated carbocycles. The molecule has 0 spiro atoms. The molecule has 2 rings (SSSR count). The second-order valence-corrected chi connectivity index (χ2v) is 12.0. The summed E-state index contributed by atoms with van der Waals surface area (Å²) in [5, 5.41) is 2.74. The number of nitrogens with one attached hydrogen (secondary N) is 1. The average molecular weight is 608 g/mol. The molecule has 244 valence electrons. The van der Waals surface area contributed by atoms with Gasteiger partial charge in [0.1, 0.15) is 6.04 Å². The zero-order valence-electron chi connectivity index (χ0n) is 27.3. The molecule has 0 saturated heterocycles. The van der Waals surface area contributed by atoms with Crippen molar-refractivity contribution < 1.29 is 19.1 Å². The van der Waals surface area contributed by atoms with Gasteiger partial charge in [0.15, 0.2) is 0 Å². The molecule has 0 fully saturated rings. The van der Waals surface area contributed by atoms with Crippen LogP contribution < -0.4 is 11.1 Å². The quantitative estimate of drug-likeness (QED) is 0.117. The molecule has 0 heterocycles. The largest absolute Gasteiger partial charge is 0.377 e. The van der Waals surface area contributed by atoms with Crippen LogP contribution in [0.25, 0.3) is 0 Å². The van der Waals surface area contributed by atoms with Gasteiger partial charge in [-0.15, -0.1) is 0 Å². The number of nitrogens with zero attached hydrogens (tertiary/aromatic N) is 1. The first-order chi connectivity index (χ1) is 21.4. The second kappa shape index (κ2) is 23.2. The molecule has 3 amide bonds. The maximum atomic E-state index is 13.3. The number of hydrogen-bond acceptors (Lipinski definition) is 4. The minimum absolute atomic E-state index is 0.0159. The van der Waals surface area contributed by atoms with E-state index in [2.05, 4.69) is 29.6 Å². The minimum atomic E-state index is -0.634. The van der Waals surface area contributed by atoms with Gasteiger partial charge in [-0.25, -0.2) is 0 Å². The third-order valence-electron chi connectivity index (χ3n) is 8.28. The van der Waals surface area contributed by atoms with Gasteiger partial charge >= 0.3 is 0 Å². The summed E-state index contributed by atoms with van der Waals surface area (Å²) in [6.07, 6.45) is 16.0. The average Bonchev–Trinajstić information content (AvgIpc) is 3.03. The number of nitrogens with two attached hydrogens (primary N) is 1. The number of rotatable bonds is 25. The van der Waals surface area contributed by atoms with E-state index in [0.29, 0.717) is 13.0 Å². The molecule has 0 aliphatic rings. The molecule has 0 radical (unpaired) electrons. The molecule has 0 bridgehead atoms. The molecular weight excluding hydrogens is 550 g/mol. The summed E-state index contributed by atoms with van der Waals surface area (Å²) in [6.45, 7) is 3.57. The van der Waals surface area contributed by atoms with Crippen molar-refractivity contribution in [3.05, 3.63) is 71.8 Å². The number of hydrogen-bond donors (Lipinski definition) is 2. The summed E-state index contributed by atoms with van der Waals surface area (Å²) < 4.78 is 5.77. The maximum absolute atomic E-state index is 13.3. The third kappa shape index (κ3) is 16.0. The fraction of sp³-hybridized carbons (Fsp3) is 0.595. The van der Waals surface area contributed by atoms with Gasteiger partial charge in [-0.1, -0.05) is 131 Å². The van der Waals surface area contributed by atoms with Crippen molar-refractivity contribution in [1.82, 2.24) is 10.2 Å². The Morgan fingerprint density at radius 2 is 1.23 bits per heavy atom. The Labute approximate surface area is 266 Å². The molecule has 2 aromatic rings. The molecule has 2 atom stereocenters. The van der Waals surface area contributed by atoms with Gasteiger partial charge in [-0.2, -0.15) is 0 Å². The number of carbonyl (C=O) groups is 3. The highest BCUT2D eigenvalue weighted by Gasteiger charge is 2.32. The fourth-order valence-electron chi connectivity index (χ4n) is 5.72. The summed E-state index contributed by atoms with van der Waals surface area (Å²) in [5.41, 5.74) is 7.55. The van der Waals surface area contributed by atoms with Crippen LogP contribution in [0.2, 0.25) is 0 Å². The smallest absolute Gasteiger partial charge is 0.242 e. The van der Waals surface area contributed by atoms with E-state index in [-0.39, 0.29) is 30.7 Å². The van der Waals surface area contributed by atoms with Gasteiger partial charge in [-0.3, -0.25) is 14.4 Å². The molecule has 2 aromatic carbocycles. The van der Waals surface area contributed by atoms with Gasteiger partial charge < -0.3 is 20.7 Å². The normalized spacial score (nSPS) is 12.4. The highest BCUT2D eigenvalue weighted by Crippen LogP contribution is 2.20. The van der Waals surface area contributed by atoms with Crippen molar-refractivity contribution in [3.8, 4) is 0 Å². The van der Waals surface area contributed by atoms with Crippen LogP contribution in [0.3, 0.4) is 0 Å². The van der Waals surface area contributed by atoms with Crippen molar-refractivity contribution in [1.29, 1.82) is 0 Å². The Morgan fingerprint density at radius 3 is 1.75 bits per heavy atom. The van der Waals surface area contributed by atoms with Crippen LogP contribution >= 0.6 is 0 Å². The Morgan fingerprint density at radius 1 is 0.727 bits per heavy atom. The summed E-state index contributed by atoms with van der Waals surface area (Å²) >= 11 is 0. The van der Waals surface area contributed by atoms with Crippen LogP contribution in [0, 0.1) is 0 Å². The van der Waals surface area contributed by atoms with Crippen LogP contribution in [0.4, 0.5) is 0 Å². The monoisotopic (exact) mass is 607 g/mol. The number of ether oxygens (including phenoxy) is 1. The van der Waals surface area contributed by atoms with Gasteiger partial charge in [-0.05, 0) is 30.9 Å². The van der Waals surface area contributed by atoms with Crippen LogP contribution in [0.5, 0.6) is 0 Å². The van der Waals surface area contributed by atoms with E-state index in [0.717, 1.165) is 37.9 Å². The predicted molar refractivity (Wildman–Crippen MR) is 179 cm³/mol. The number of amides is 3. The van der Waals surface area contributed by atoms with E-state index in [1.54, 1.807) is 11.9 Å². The Hall–Kier alpha value is -3.19. The lowest BCUT2D eigenvalue weighted by atomic mass is 9.98. The topological polar surface area (TPSA) is 102 Å². The first-order valence-electron chi connectivity index (χ1n) is 16.9. The molecule has 7 nitrogen and oxygen atoms in total. The standard InChI is InChI=1S/C37H57N3O4/c1-31(40(36(42)27-26-35(38)41)34(37(43)39-2)29-32-22-16-13-17-23-32)21-15-11-9-7-5-3-4-6-8-10-12-20-28-44-30-33-24-18-14-19-25-33/h13-14,16-19,22-25,31,34H,3-12,15,20-21,26-30H2,1-2H3,(H2,38,41)(H,39,43). The molecule has 7 heteroatoms. The SMILES string of the molecule is CNC(=O)C(Cc1ccccc1)N(C(=O)CCC(N)=O)C(C)CCCCCCCCCCCCCCOCc1ccccc1. The lowest BCUT2D eigenvalue weighted by Crippen LogP contribution is -2.53. The molecule has 3 N–H and O–H groups in total. The van der Waals surface area contributed by atoms with E-state index in [9.17, 15) is 14.4 Å². The summed E-state index contributed by atoms with van der Waals surface area (Å²) in [5.74, 6) is -0.899. The lowest BCUT2D eigenvalue weighted by molar-refractivity contribution is -0.143. The second-order valence-electron chi connectivity index (χ2n) is 12.0. The van der Waals surface area contributed by atoms with Gasteiger partial charge in [0.2, 0.25) is 17.7 Å². The van der Waals surface area contributed by atoms with Crippen molar-refractivity contribution in [2.45, 2.75) is 128 Å². The van der Waals surface area contributed by atoms with E-state index >= 15 is 0 Å². The summed E-state index contributed by atoms with van der Waals surface area (Å²) in [6, 6.07) is 19.3. The van der Waals surface area contributed by atoms with Crippen LogP contribution in [0.1, 0.15) is 114 Å². The Kier molecular flexibility index (Phi) is 19.5. The molecule has 2 unspecified atom stereocenters. The molecule has 0 aliphatic heterocycles. The number of carbonyl (C=O) groups excluding carboxylic acids is 3. The number of benzene rings is 2. The van der Waals surface area contributed by atoms with Crippen molar-refractivity contribution in [2.24, 2.45) is 5.73 Å². The first-order valence-corrected chi connectivity index (χ1v) is 16.9. The van der Waals surface area contributed by atoms with E-state index in [4.69, 9.17) is 10.5 Å². The van der Waals surface area contributed by atoms with Crippen molar-refractivity contribution >= 4 is 17.7 Å². The zero-order chi connectivity index (χ0) is 31.8. The molecule has 0 aromatic heterocycles. The third-order valence-corrected chi connectivity index (χ3v) is 8.28. The van der Waals surface area contributed by atoms with E-state index in [1.807, 2.05) is 43.3 Å². The number of primary amides is 1. The highest BCUT2D eigenvalue weighted by molar-refractivity contribution is 5.89. The summed E-state index contributed by atoms with van der Waals surface area (Å²) in [4.78, 5) is 39.3. The van der Waals surface area contributed by atoms with E-state index < -0.39 is 11.9 Å². The van der Waals surface area contributed by atoms with Crippen LogP contribution in [-0.4, -0.2) is 48.4 Å². The first kappa shape index (κ1) is 37.0. The Balaban J connectivity index is 1.60. The van der Waals surface area contributed by atoms with Gasteiger partial charge in [0.05, 0.1) is 6.61 Å².